The Morgan fingerprint density at radius 2 is 1.70 bits per heavy atom. The van der Waals surface area contributed by atoms with Crippen LogP contribution >= 0.6 is 0 Å². The van der Waals surface area contributed by atoms with Gasteiger partial charge in [0.05, 0.1) is 37.6 Å². The minimum atomic E-state index is -4.82. The monoisotopic (exact) mass is 401 g/mol. The summed E-state index contributed by atoms with van der Waals surface area (Å²) in [5.74, 6) is -0.455. The van der Waals surface area contributed by atoms with Crippen molar-refractivity contribution < 1.29 is 31.2 Å². The number of rotatable bonds is 4. The molecular weight excluding hydrogens is 381 g/mol. The van der Waals surface area contributed by atoms with Crippen molar-refractivity contribution in [2.75, 3.05) is 26.7 Å². The summed E-state index contributed by atoms with van der Waals surface area (Å²) in [4.78, 5) is 1.15. The fraction of sp³-hybridized carbons (Fsp3) is 0.333. The van der Waals surface area contributed by atoms with E-state index in [2.05, 4.69) is 4.74 Å². The summed E-state index contributed by atoms with van der Waals surface area (Å²) < 4.78 is 68.4. The van der Waals surface area contributed by atoms with Gasteiger partial charge >= 0.3 is 6.36 Å². The maximum Gasteiger partial charge on any atom is 0.573 e. The SMILES string of the molecule is C[NH+]1CCN(S(=O)(=O)c2ccc(OC(F)(F)F)cc2)[C@H](c2ccccc2)C1. The van der Waals surface area contributed by atoms with Crippen LogP contribution in [0.5, 0.6) is 5.75 Å². The zero-order valence-corrected chi connectivity index (χ0v) is 15.4. The highest BCUT2D eigenvalue weighted by molar-refractivity contribution is 7.89. The van der Waals surface area contributed by atoms with E-state index in [-0.39, 0.29) is 10.9 Å². The quantitative estimate of drug-likeness (QED) is 0.851. The van der Waals surface area contributed by atoms with Gasteiger partial charge in [-0.1, -0.05) is 30.3 Å². The second-order valence-corrected chi connectivity index (χ2v) is 8.36. The molecule has 1 N–H and O–H groups in total. The van der Waals surface area contributed by atoms with Crippen molar-refractivity contribution in [1.29, 1.82) is 0 Å². The molecule has 0 saturated carbocycles. The van der Waals surface area contributed by atoms with Crippen LogP contribution in [0.4, 0.5) is 13.2 Å². The van der Waals surface area contributed by atoms with E-state index >= 15 is 0 Å². The van der Waals surface area contributed by atoms with E-state index in [0.717, 1.165) is 29.8 Å². The number of hydrogen-bond acceptors (Lipinski definition) is 3. The predicted octanol–water partition coefficient (Wildman–Crippen LogP) is 1.85. The third kappa shape index (κ3) is 4.60. The van der Waals surface area contributed by atoms with E-state index in [0.29, 0.717) is 19.6 Å². The lowest BCUT2D eigenvalue weighted by Gasteiger charge is -2.37. The molecule has 1 aliphatic rings. The van der Waals surface area contributed by atoms with Crippen molar-refractivity contribution in [3.63, 3.8) is 0 Å². The van der Waals surface area contributed by atoms with E-state index in [9.17, 15) is 21.6 Å². The smallest absolute Gasteiger partial charge is 0.406 e. The average Bonchev–Trinajstić information content (AvgIpc) is 2.61. The molecule has 1 heterocycles. The van der Waals surface area contributed by atoms with Gasteiger partial charge in [-0.05, 0) is 29.8 Å². The number of piperazine rings is 1. The first-order valence-electron chi connectivity index (χ1n) is 8.41. The molecule has 9 heteroatoms. The highest BCUT2D eigenvalue weighted by Crippen LogP contribution is 2.29. The predicted molar refractivity (Wildman–Crippen MR) is 92.8 cm³/mol. The number of likely N-dealkylation sites (N-methyl/N-ethyl adjacent to an activating group) is 1. The summed E-state index contributed by atoms with van der Waals surface area (Å²) in [5, 5.41) is 0. The van der Waals surface area contributed by atoms with Crippen molar-refractivity contribution in [2.24, 2.45) is 0 Å². The molecule has 146 valence electrons. The van der Waals surface area contributed by atoms with Crippen LogP contribution in [0, 0.1) is 0 Å². The van der Waals surface area contributed by atoms with E-state index in [1.807, 2.05) is 37.4 Å². The van der Waals surface area contributed by atoms with Gasteiger partial charge in [-0.3, -0.25) is 0 Å². The summed E-state index contributed by atoms with van der Waals surface area (Å²) in [6.45, 7) is 1.59. The Morgan fingerprint density at radius 3 is 2.30 bits per heavy atom. The number of nitrogens with zero attached hydrogens (tertiary/aromatic N) is 1. The first-order chi connectivity index (χ1) is 12.7. The Hall–Kier alpha value is -2.10. The standard InChI is InChI=1S/C18H19F3N2O3S/c1-22-11-12-23(17(13-22)14-5-3-2-4-6-14)27(24,25)16-9-7-15(8-10-16)26-18(19,20)21/h2-10,17H,11-13H2,1H3/p+1/t17-/m0/s1. The molecule has 0 aliphatic carbocycles. The van der Waals surface area contributed by atoms with Gasteiger partial charge in [0.1, 0.15) is 5.75 Å². The minimum Gasteiger partial charge on any atom is -0.406 e. The fourth-order valence-electron chi connectivity index (χ4n) is 3.19. The van der Waals surface area contributed by atoms with Gasteiger partial charge in [-0.25, -0.2) is 8.42 Å². The molecule has 0 bridgehead atoms. The third-order valence-electron chi connectivity index (χ3n) is 4.50. The zero-order chi connectivity index (χ0) is 19.7. The van der Waals surface area contributed by atoms with Crippen LogP contribution in [0.1, 0.15) is 11.6 Å². The van der Waals surface area contributed by atoms with Crippen molar-refractivity contribution in [3.05, 3.63) is 60.2 Å². The molecule has 2 aromatic rings. The van der Waals surface area contributed by atoms with Gasteiger partial charge in [-0.15, -0.1) is 13.2 Å². The topological polar surface area (TPSA) is 51.0 Å². The molecule has 3 rings (SSSR count). The molecule has 2 aromatic carbocycles. The van der Waals surface area contributed by atoms with Crippen LogP contribution in [0.3, 0.4) is 0 Å². The maximum absolute atomic E-state index is 13.1. The minimum absolute atomic E-state index is 0.0579. The molecule has 0 aromatic heterocycles. The molecule has 2 atom stereocenters. The Morgan fingerprint density at radius 1 is 1.07 bits per heavy atom. The Kier molecular flexibility index (Phi) is 5.45. The van der Waals surface area contributed by atoms with E-state index < -0.39 is 22.1 Å². The lowest BCUT2D eigenvalue weighted by molar-refractivity contribution is -0.887. The summed E-state index contributed by atoms with van der Waals surface area (Å²) in [7, 11) is -1.86. The van der Waals surface area contributed by atoms with Gasteiger partial charge in [0.25, 0.3) is 0 Å². The first kappa shape index (κ1) is 19.7. The zero-order valence-electron chi connectivity index (χ0n) is 14.6. The lowest BCUT2D eigenvalue weighted by atomic mass is 10.1. The molecule has 0 spiro atoms. The highest BCUT2D eigenvalue weighted by Gasteiger charge is 2.38. The summed E-state index contributed by atoms with van der Waals surface area (Å²) >= 11 is 0. The van der Waals surface area contributed by atoms with Crippen LogP contribution in [0.2, 0.25) is 0 Å². The van der Waals surface area contributed by atoms with Crippen LogP contribution in [-0.4, -0.2) is 45.8 Å². The van der Waals surface area contributed by atoms with Crippen LogP contribution in [0.15, 0.2) is 59.5 Å². The second-order valence-electron chi connectivity index (χ2n) is 6.47. The number of ether oxygens (including phenoxy) is 1. The molecule has 1 fully saturated rings. The number of sulfonamides is 1. The summed E-state index contributed by atoms with van der Waals surface area (Å²) in [6.07, 6.45) is -4.82. The van der Waals surface area contributed by atoms with Crippen molar-refractivity contribution >= 4 is 10.0 Å². The molecule has 0 amide bonds. The third-order valence-corrected chi connectivity index (χ3v) is 6.42. The van der Waals surface area contributed by atoms with Crippen molar-refractivity contribution in [3.8, 4) is 5.75 Å². The molecule has 0 radical (unpaired) electrons. The Balaban J connectivity index is 1.90. The number of hydrogen-bond donors (Lipinski definition) is 1. The summed E-state index contributed by atoms with van der Waals surface area (Å²) in [5.41, 5.74) is 0.886. The van der Waals surface area contributed by atoms with Crippen molar-refractivity contribution in [1.82, 2.24) is 4.31 Å². The molecular formula is C18H20F3N2O3S+. The van der Waals surface area contributed by atoms with Crippen LogP contribution < -0.4 is 9.64 Å². The van der Waals surface area contributed by atoms with Crippen LogP contribution in [-0.2, 0) is 10.0 Å². The number of quaternary nitrogens is 1. The van der Waals surface area contributed by atoms with Gasteiger partial charge in [-0.2, -0.15) is 4.31 Å². The number of halogens is 3. The maximum atomic E-state index is 13.1. The van der Waals surface area contributed by atoms with Gasteiger partial charge in [0.15, 0.2) is 0 Å². The second kappa shape index (κ2) is 7.49. The van der Waals surface area contributed by atoms with Gasteiger partial charge in [0.2, 0.25) is 10.0 Å². The van der Waals surface area contributed by atoms with Gasteiger partial charge in [0, 0.05) is 0 Å². The molecule has 5 nitrogen and oxygen atoms in total. The van der Waals surface area contributed by atoms with Crippen LogP contribution in [0.25, 0.3) is 0 Å². The first-order valence-corrected chi connectivity index (χ1v) is 9.85. The van der Waals surface area contributed by atoms with E-state index in [1.54, 1.807) is 0 Å². The highest BCUT2D eigenvalue weighted by atomic mass is 32.2. The molecule has 1 saturated heterocycles. The van der Waals surface area contributed by atoms with Crippen molar-refractivity contribution in [2.45, 2.75) is 17.3 Å². The number of nitrogens with one attached hydrogen (secondary N) is 1. The largest absolute Gasteiger partial charge is 0.573 e. The normalized spacial score (nSPS) is 21.8. The van der Waals surface area contributed by atoms with E-state index in [4.69, 9.17) is 0 Å². The lowest BCUT2D eigenvalue weighted by Crippen LogP contribution is -3.12. The number of alkyl halides is 3. The molecule has 1 aliphatic heterocycles. The number of benzene rings is 2. The summed E-state index contributed by atoms with van der Waals surface area (Å²) in [6, 6.07) is 13.3. The van der Waals surface area contributed by atoms with E-state index in [1.165, 1.54) is 9.21 Å². The Labute approximate surface area is 156 Å². The molecule has 27 heavy (non-hydrogen) atoms. The Bertz CT molecular complexity index is 871. The average molecular weight is 401 g/mol. The fourth-order valence-corrected chi connectivity index (χ4v) is 4.80. The molecule has 1 unspecified atom stereocenters. The van der Waals surface area contributed by atoms with Gasteiger partial charge < -0.3 is 9.64 Å².